The topological polar surface area (TPSA) is 98.3 Å². The van der Waals surface area contributed by atoms with Gasteiger partial charge in [-0.2, -0.15) is 0 Å². The van der Waals surface area contributed by atoms with Crippen LogP contribution in [0.5, 0.6) is 0 Å². The molecular formula is C15H17N4O4+. The van der Waals surface area contributed by atoms with Gasteiger partial charge in [0.2, 0.25) is 0 Å². The number of nitrogens with one attached hydrogen (secondary N) is 1. The highest BCUT2D eigenvalue weighted by Crippen LogP contribution is 2.32. The lowest BCUT2D eigenvalue weighted by molar-refractivity contribution is -0.393. The number of rotatable bonds is 5. The van der Waals surface area contributed by atoms with E-state index in [1.807, 2.05) is 45.4 Å². The first kappa shape index (κ1) is 16.4. The van der Waals surface area contributed by atoms with Crippen LogP contribution in [0.2, 0.25) is 0 Å². The zero-order chi connectivity index (χ0) is 17.2. The first-order valence-corrected chi connectivity index (χ1v) is 6.80. The van der Waals surface area contributed by atoms with Crippen molar-refractivity contribution in [2.45, 2.75) is 0 Å². The van der Waals surface area contributed by atoms with Gasteiger partial charge < -0.3 is 5.32 Å². The van der Waals surface area contributed by atoms with Crippen LogP contribution in [-0.2, 0) is 0 Å². The van der Waals surface area contributed by atoms with Gasteiger partial charge in [-0.25, -0.2) is 0 Å². The van der Waals surface area contributed by atoms with Gasteiger partial charge in [-0.3, -0.25) is 24.7 Å². The third kappa shape index (κ3) is 3.80. The highest BCUT2D eigenvalue weighted by Gasteiger charge is 2.19. The Balaban J connectivity index is 2.32. The second kappa shape index (κ2) is 6.01. The second-order valence-corrected chi connectivity index (χ2v) is 5.90. The average Bonchev–Trinajstić information content (AvgIpc) is 2.46. The van der Waals surface area contributed by atoms with E-state index in [-0.39, 0.29) is 17.1 Å². The van der Waals surface area contributed by atoms with E-state index >= 15 is 0 Å². The Kier molecular flexibility index (Phi) is 4.28. The molecule has 0 saturated heterocycles. The van der Waals surface area contributed by atoms with Gasteiger partial charge >= 0.3 is 0 Å². The molecule has 0 aromatic heterocycles. The zero-order valence-corrected chi connectivity index (χ0v) is 13.0. The Bertz CT molecular complexity index is 751. The van der Waals surface area contributed by atoms with Crippen molar-refractivity contribution in [3.05, 3.63) is 62.7 Å². The molecular weight excluding hydrogens is 300 g/mol. The minimum atomic E-state index is -0.660. The number of non-ortho nitro benzene ring substituents is 1. The molecule has 0 aliphatic heterocycles. The molecule has 0 heterocycles. The standard InChI is InChI=1S/C15H17N4O4/c1-19(2,3)13-7-4-11(5-8-13)16-14-9-6-12(17(20)21)10-15(14)18(22)23/h4-10,16H,1-3H3/q+1. The van der Waals surface area contributed by atoms with Crippen molar-refractivity contribution >= 4 is 28.4 Å². The molecule has 0 bridgehead atoms. The van der Waals surface area contributed by atoms with Crippen molar-refractivity contribution in [1.29, 1.82) is 0 Å². The molecule has 0 saturated carbocycles. The quantitative estimate of drug-likeness (QED) is 0.517. The van der Waals surface area contributed by atoms with Crippen molar-refractivity contribution in [3.63, 3.8) is 0 Å². The van der Waals surface area contributed by atoms with Gasteiger partial charge in [-0.05, 0) is 18.2 Å². The summed E-state index contributed by atoms with van der Waals surface area (Å²) in [6, 6.07) is 11.0. The second-order valence-electron chi connectivity index (χ2n) is 5.90. The highest BCUT2D eigenvalue weighted by molar-refractivity contribution is 5.72. The number of nitro groups is 2. The van der Waals surface area contributed by atoms with E-state index in [4.69, 9.17) is 0 Å². The van der Waals surface area contributed by atoms with E-state index in [1.54, 1.807) is 0 Å². The summed E-state index contributed by atoms with van der Waals surface area (Å²) in [4.78, 5) is 20.5. The lowest BCUT2D eigenvalue weighted by Crippen LogP contribution is -2.34. The van der Waals surface area contributed by atoms with Crippen LogP contribution < -0.4 is 9.80 Å². The summed E-state index contributed by atoms with van der Waals surface area (Å²) in [5.74, 6) is 0. The summed E-state index contributed by atoms with van der Waals surface area (Å²) in [5.41, 5.74) is 1.30. The van der Waals surface area contributed by atoms with E-state index in [0.717, 1.165) is 11.8 Å². The summed E-state index contributed by atoms with van der Waals surface area (Å²) in [6.07, 6.45) is 0. The van der Waals surface area contributed by atoms with Crippen LogP contribution >= 0.6 is 0 Å². The minimum absolute atomic E-state index is 0.207. The van der Waals surface area contributed by atoms with Crippen LogP contribution in [-0.4, -0.2) is 31.0 Å². The molecule has 0 aliphatic carbocycles. The van der Waals surface area contributed by atoms with E-state index in [0.29, 0.717) is 10.2 Å². The minimum Gasteiger partial charge on any atom is -0.350 e. The molecule has 1 N–H and O–H groups in total. The number of nitro benzene ring substituents is 2. The van der Waals surface area contributed by atoms with Gasteiger partial charge in [0, 0.05) is 23.9 Å². The maximum absolute atomic E-state index is 11.1. The third-order valence-electron chi connectivity index (χ3n) is 3.31. The Hall–Kier alpha value is -3.00. The van der Waals surface area contributed by atoms with Crippen LogP contribution in [0, 0.1) is 20.2 Å². The average molecular weight is 317 g/mol. The zero-order valence-electron chi connectivity index (χ0n) is 13.0. The fourth-order valence-corrected chi connectivity index (χ4v) is 2.04. The van der Waals surface area contributed by atoms with Crippen LogP contribution in [0.25, 0.3) is 0 Å². The van der Waals surface area contributed by atoms with Gasteiger partial charge in [-0.1, -0.05) is 0 Å². The number of anilines is 2. The molecule has 8 nitrogen and oxygen atoms in total. The number of quaternary nitrogens is 1. The molecule has 2 aromatic carbocycles. The summed E-state index contributed by atoms with van der Waals surface area (Å²) in [7, 11) is 6.09. The first-order chi connectivity index (χ1) is 10.7. The molecule has 2 rings (SSSR count). The molecule has 120 valence electrons. The Labute approximate surface area is 132 Å². The molecule has 8 heteroatoms. The normalized spacial score (nSPS) is 11.1. The monoisotopic (exact) mass is 317 g/mol. The number of benzene rings is 2. The van der Waals surface area contributed by atoms with E-state index in [1.165, 1.54) is 12.1 Å². The van der Waals surface area contributed by atoms with Crippen LogP contribution in [0.1, 0.15) is 0 Å². The summed E-state index contributed by atoms with van der Waals surface area (Å²) < 4.78 is 0.651. The maximum Gasteiger partial charge on any atom is 0.299 e. The van der Waals surface area contributed by atoms with Crippen molar-refractivity contribution in [1.82, 2.24) is 4.48 Å². The lowest BCUT2D eigenvalue weighted by Gasteiger charge is -2.23. The van der Waals surface area contributed by atoms with Crippen molar-refractivity contribution in [2.75, 3.05) is 26.5 Å². The van der Waals surface area contributed by atoms with Gasteiger partial charge in [0.1, 0.15) is 11.4 Å². The van der Waals surface area contributed by atoms with Gasteiger partial charge in [0.25, 0.3) is 11.4 Å². The highest BCUT2D eigenvalue weighted by atomic mass is 16.6. The maximum atomic E-state index is 11.1. The summed E-state index contributed by atoms with van der Waals surface area (Å²) in [6.45, 7) is 0. The largest absolute Gasteiger partial charge is 0.350 e. The molecule has 0 atom stereocenters. The molecule has 0 fully saturated rings. The van der Waals surface area contributed by atoms with Crippen LogP contribution in [0.3, 0.4) is 0 Å². The molecule has 0 amide bonds. The van der Waals surface area contributed by atoms with E-state index < -0.39 is 9.85 Å². The Morgan fingerprint density at radius 2 is 1.52 bits per heavy atom. The Morgan fingerprint density at radius 3 is 2.00 bits per heavy atom. The summed E-state index contributed by atoms with van der Waals surface area (Å²) >= 11 is 0. The van der Waals surface area contributed by atoms with Crippen molar-refractivity contribution in [3.8, 4) is 0 Å². The van der Waals surface area contributed by atoms with E-state index in [9.17, 15) is 20.2 Å². The number of hydrogen-bond donors (Lipinski definition) is 1. The lowest BCUT2D eigenvalue weighted by atomic mass is 10.2. The predicted octanol–water partition coefficient (Wildman–Crippen LogP) is 3.44. The molecule has 0 spiro atoms. The van der Waals surface area contributed by atoms with Crippen LogP contribution in [0.4, 0.5) is 28.4 Å². The van der Waals surface area contributed by atoms with E-state index in [2.05, 4.69) is 5.32 Å². The molecule has 0 unspecified atom stereocenters. The molecule has 0 radical (unpaired) electrons. The smallest absolute Gasteiger partial charge is 0.299 e. The molecule has 0 aliphatic rings. The Morgan fingerprint density at radius 1 is 0.913 bits per heavy atom. The van der Waals surface area contributed by atoms with Gasteiger partial charge in [0.05, 0.1) is 37.1 Å². The van der Waals surface area contributed by atoms with Crippen molar-refractivity contribution < 1.29 is 9.85 Å². The molecule has 2 aromatic rings. The van der Waals surface area contributed by atoms with Crippen molar-refractivity contribution in [2.24, 2.45) is 0 Å². The number of nitrogens with zero attached hydrogens (tertiary/aromatic N) is 3. The SMILES string of the molecule is C[N+](C)(C)c1ccc(Nc2ccc([N+](=O)[O-])cc2[N+](=O)[O-])cc1. The number of hydrogen-bond acceptors (Lipinski definition) is 5. The molecule has 23 heavy (non-hydrogen) atoms. The van der Waals surface area contributed by atoms with Gasteiger partial charge in [0.15, 0.2) is 0 Å². The van der Waals surface area contributed by atoms with Gasteiger partial charge in [-0.15, -0.1) is 0 Å². The van der Waals surface area contributed by atoms with Crippen LogP contribution in [0.15, 0.2) is 42.5 Å². The predicted molar refractivity (Wildman–Crippen MR) is 89.0 cm³/mol. The third-order valence-corrected chi connectivity index (χ3v) is 3.31. The summed E-state index contributed by atoms with van der Waals surface area (Å²) in [5, 5.41) is 24.8. The fourth-order valence-electron chi connectivity index (χ4n) is 2.04. The first-order valence-electron chi connectivity index (χ1n) is 6.80. The fraction of sp³-hybridized carbons (Fsp3) is 0.200.